The summed E-state index contributed by atoms with van der Waals surface area (Å²) in [6, 6.07) is 10.4. The first-order valence-electron chi connectivity index (χ1n) is 9.56. The molecule has 1 N–H and O–H groups in total. The van der Waals surface area contributed by atoms with Crippen LogP contribution < -0.4 is 5.32 Å². The molecule has 2 aromatic rings. The van der Waals surface area contributed by atoms with Crippen LogP contribution in [-0.4, -0.2) is 32.5 Å². The first-order chi connectivity index (χ1) is 12.6. The van der Waals surface area contributed by atoms with Crippen molar-refractivity contribution in [3.8, 4) is 0 Å². The third-order valence-corrected chi connectivity index (χ3v) is 6.02. The number of nitrogens with zero attached hydrogens (tertiary/aromatic N) is 3. The van der Waals surface area contributed by atoms with Gasteiger partial charge < -0.3 is 9.88 Å². The van der Waals surface area contributed by atoms with Crippen LogP contribution in [-0.2, 0) is 11.3 Å². The molecule has 1 heterocycles. The van der Waals surface area contributed by atoms with E-state index in [1.807, 2.05) is 25.1 Å². The Morgan fingerprint density at radius 3 is 2.62 bits per heavy atom. The van der Waals surface area contributed by atoms with Crippen molar-refractivity contribution in [1.29, 1.82) is 0 Å². The van der Waals surface area contributed by atoms with E-state index in [1.54, 1.807) is 0 Å². The number of hydrogen-bond acceptors (Lipinski definition) is 4. The second-order valence-corrected chi connectivity index (χ2v) is 8.19. The molecule has 0 aliphatic heterocycles. The summed E-state index contributed by atoms with van der Waals surface area (Å²) in [7, 11) is 0. The molecule has 1 fully saturated rings. The van der Waals surface area contributed by atoms with Crippen molar-refractivity contribution in [2.75, 3.05) is 6.54 Å². The van der Waals surface area contributed by atoms with Gasteiger partial charge in [0, 0.05) is 24.9 Å². The second kappa shape index (κ2) is 8.71. The molecule has 3 rings (SSSR count). The number of amides is 1. The van der Waals surface area contributed by atoms with Crippen molar-refractivity contribution in [3.05, 3.63) is 41.7 Å². The predicted octanol–water partition coefficient (Wildman–Crippen LogP) is 3.97. The van der Waals surface area contributed by atoms with E-state index < -0.39 is 0 Å². The minimum absolute atomic E-state index is 0.0583. The van der Waals surface area contributed by atoms with Gasteiger partial charge in [0.25, 0.3) is 0 Å². The SMILES string of the molecule is CC[C@H](CNC(=O)[C@@H](C)Sc1nnc(C2CC2)n1CC)c1ccccc1. The van der Waals surface area contributed by atoms with Crippen LogP contribution in [0.4, 0.5) is 0 Å². The Morgan fingerprint density at radius 1 is 1.27 bits per heavy atom. The number of hydrogen-bond donors (Lipinski definition) is 1. The fourth-order valence-electron chi connectivity index (χ4n) is 3.13. The van der Waals surface area contributed by atoms with Crippen LogP contribution in [0.3, 0.4) is 0 Å². The van der Waals surface area contributed by atoms with Crippen molar-refractivity contribution in [1.82, 2.24) is 20.1 Å². The lowest BCUT2D eigenvalue weighted by atomic mass is 9.96. The number of aromatic nitrogens is 3. The normalized spacial score (nSPS) is 16.3. The number of thioether (sulfide) groups is 1. The Morgan fingerprint density at radius 2 is 2.00 bits per heavy atom. The molecule has 1 aromatic carbocycles. The van der Waals surface area contributed by atoms with E-state index in [-0.39, 0.29) is 11.2 Å². The third kappa shape index (κ3) is 4.47. The summed E-state index contributed by atoms with van der Waals surface area (Å²) in [6.07, 6.45) is 3.41. The summed E-state index contributed by atoms with van der Waals surface area (Å²) in [4.78, 5) is 12.6. The number of benzene rings is 1. The van der Waals surface area contributed by atoms with Crippen LogP contribution in [0, 0.1) is 0 Å². The molecule has 5 nitrogen and oxygen atoms in total. The molecule has 1 aliphatic rings. The van der Waals surface area contributed by atoms with Gasteiger partial charge in [0.1, 0.15) is 5.82 Å². The predicted molar refractivity (Wildman–Crippen MR) is 105 cm³/mol. The van der Waals surface area contributed by atoms with E-state index in [9.17, 15) is 4.79 Å². The summed E-state index contributed by atoms with van der Waals surface area (Å²) < 4.78 is 2.16. The number of carbonyl (C=O) groups is 1. The lowest BCUT2D eigenvalue weighted by molar-refractivity contribution is -0.120. The largest absolute Gasteiger partial charge is 0.355 e. The fraction of sp³-hybridized carbons (Fsp3) is 0.550. The Hall–Kier alpha value is -1.82. The highest BCUT2D eigenvalue weighted by Gasteiger charge is 2.30. The maximum Gasteiger partial charge on any atom is 0.233 e. The molecule has 1 aromatic heterocycles. The average molecular weight is 373 g/mol. The maximum absolute atomic E-state index is 12.6. The van der Waals surface area contributed by atoms with Gasteiger partial charge in [0.15, 0.2) is 5.16 Å². The van der Waals surface area contributed by atoms with E-state index in [0.29, 0.717) is 18.4 Å². The number of rotatable bonds is 9. The van der Waals surface area contributed by atoms with Crippen molar-refractivity contribution in [3.63, 3.8) is 0 Å². The zero-order chi connectivity index (χ0) is 18.5. The topological polar surface area (TPSA) is 59.8 Å². The van der Waals surface area contributed by atoms with Crippen LogP contribution in [0.25, 0.3) is 0 Å². The maximum atomic E-state index is 12.6. The van der Waals surface area contributed by atoms with Crippen molar-refractivity contribution in [2.45, 2.75) is 68.8 Å². The lowest BCUT2D eigenvalue weighted by Gasteiger charge is -2.18. The van der Waals surface area contributed by atoms with E-state index >= 15 is 0 Å². The highest BCUT2D eigenvalue weighted by atomic mass is 32.2. The Bertz CT molecular complexity index is 727. The quantitative estimate of drug-likeness (QED) is 0.677. The first-order valence-corrected chi connectivity index (χ1v) is 10.4. The molecule has 0 spiro atoms. The van der Waals surface area contributed by atoms with E-state index in [1.165, 1.54) is 30.2 Å². The monoisotopic (exact) mass is 372 g/mol. The molecule has 0 bridgehead atoms. The second-order valence-electron chi connectivity index (χ2n) is 6.88. The summed E-state index contributed by atoms with van der Waals surface area (Å²) in [6.45, 7) is 7.72. The van der Waals surface area contributed by atoms with Gasteiger partial charge in [0.2, 0.25) is 5.91 Å². The van der Waals surface area contributed by atoms with Gasteiger partial charge >= 0.3 is 0 Å². The third-order valence-electron chi connectivity index (χ3n) is 4.94. The summed E-state index contributed by atoms with van der Waals surface area (Å²) in [5, 5.41) is 12.5. The highest BCUT2D eigenvalue weighted by Crippen LogP contribution is 2.40. The number of nitrogens with one attached hydrogen (secondary N) is 1. The van der Waals surface area contributed by atoms with Gasteiger partial charge in [-0.15, -0.1) is 10.2 Å². The highest BCUT2D eigenvalue weighted by molar-refractivity contribution is 8.00. The molecule has 0 radical (unpaired) electrons. The van der Waals surface area contributed by atoms with E-state index in [0.717, 1.165) is 23.9 Å². The van der Waals surface area contributed by atoms with Gasteiger partial charge in [-0.1, -0.05) is 49.0 Å². The molecule has 140 valence electrons. The van der Waals surface area contributed by atoms with Crippen molar-refractivity contribution >= 4 is 17.7 Å². The molecule has 0 saturated heterocycles. The minimum atomic E-state index is -0.190. The molecular weight excluding hydrogens is 344 g/mol. The average Bonchev–Trinajstić information content (AvgIpc) is 3.43. The number of carbonyl (C=O) groups excluding carboxylic acids is 1. The van der Waals surface area contributed by atoms with Crippen LogP contribution in [0.5, 0.6) is 0 Å². The van der Waals surface area contributed by atoms with Gasteiger partial charge in [0.05, 0.1) is 5.25 Å². The Balaban J connectivity index is 1.56. The molecule has 6 heteroatoms. The van der Waals surface area contributed by atoms with Crippen molar-refractivity contribution in [2.24, 2.45) is 0 Å². The Labute approximate surface area is 160 Å². The van der Waals surface area contributed by atoms with Gasteiger partial charge in [-0.25, -0.2) is 0 Å². The van der Waals surface area contributed by atoms with E-state index in [4.69, 9.17) is 0 Å². The molecule has 1 aliphatic carbocycles. The molecule has 1 saturated carbocycles. The summed E-state index contributed by atoms with van der Waals surface area (Å²) in [5.74, 6) is 2.05. The lowest BCUT2D eigenvalue weighted by Crippen LogP contribution is -2.34. The van der Waals surface area contributed by atoms with Gasteiger partial charge in [-0.3, -0.25) is 4.79 Å². The van der Waals surface area contributed by atoms with Crippen LogP contribution in [0.2, 0.25) is 0 Å². The Kier molecular flexibility index (Phi) is 6.35. The minimum Gasteiger partial charge on any atom is -0.355 e. The van der Waals surface area contributed by atoms with Gasteiger partial charge in [-0.05, 0) is 38.7 Å². The first kappa shape index (κ1) is 19.0. The molecule has 26 heavy (non-hydrogen) atoms. The van der Waals surface area contributed by atoms with Crippen LogP contribution >= 0.6 is 11.8 Å². The molecule has 1 amide bonds. The standard InChI is InChI=1S/C20H28N4OS/c1-4-15(16-9-7-6-8-10-16)13-21-19(25)14(3)26-20-23-22-18(17-11-12-17)24(20)5-2/h6-10,14-15,17H,4-5,11-13H2,1-3H3,(H,21,25)/t14-,15-/m1/s1. The van der Waals surface area contributed by atoms with Crippen LogP contribution in [0.1, 0.15) is 63.3 Å². The molecule has 0 unspecified atom stereocenters. The zero-order valence-corrected chi connectivity index (χ0v) is 16.6. The summed E-state index contributed by atoms with van der Waals surface area (Å²) in [5.41, 5.74) is 1.27. The molecular formula is C20H28N4OS. The van der Waals surface area contributed by atoms with Gasteiger partial charge in [-0.2, -0.15) is 0 Å². The van der Waals surface area contributed by atoms with Crippen LogP contribution in [0.15, 0.2) is 35.5 Å². The van der Waals surface area contributed by atoms with Crippen molar-refractivity contribution < 1.29 is 4.79 Å². The van der Waals surface area contributed by atoms with E-state index in [2.05, 4.69) is 46.1 Å². The zero-order valence-electron chi connectivity index (χ0n) is 15.8. The smallest absolute Gasteiger partial charge is 0.233 e. The summed E-state index contributed by atoms with van der Waals surface area (Å²) >= 11 is 1.50. The molecule has 2 atom stereocenters. The fourth-order valence-corrected chi connectivity index (χ4v) is 4.07.